The fourth-order valence-electron chi connectivity index (χ4n) is 9.97. The lowest BCUT2D eigenvalue weighted by molar-refractivity contribution is -0.305. The Bertz CT molecular complexity index is 1700. The van der Waals surface area contributed by atoms with E-state index in [1.807, 2.05) is 18.2 Å². The second-order valence-electron chi connectivity index (χ2n) is 22.8. The van der Waals surface area contributed by atoms with Gasteiger partial charge in [-0.25, -0.2) is 0 Å². The number of aliphatic hydroxyl groups excluding tert-OH is 5. The number of ether oxygens (including phenoxy) is 3. The van der Waals surface area contributed by atoms with Gasteiger partial charge in [0.2, 0.25) is 5.91 Å². The van der Waals surface area contributed by atoms with Crippen molar-refractivity contribution in [2.45, 2.75) is 327 Å². The summed E-state index contributed by atoms with van der Waals surface area (Å²) in [5.74, 6) is -1.28. The second kappa shape index (κ2) is 58.0. The maximum Gasteiger partial charge on any atom is 0.306 e. The number of allylic oxidation sites excluding steroid dienone is 15. The van der Waals surface area contributed by atoms with Gasteiger partial charge >= 0.3 is 5.97 Å². The molecule has 0 radical (unpaired) electrons. The summed E-state index contributed by atoms with van der Waals surface area (Å²) in [5.41, 5.74) is 0. The molecule has 11 heteroatoms. The Labute approximate surface area is 501 Å². The largest absolute Gasteiger partial charge is 0.454 e. The van der Waals surface area contributed by atoms with Crippen LogP contribution < -0.4 is 5.32 Å². The molecule has 1 fully saturated rings. The fraction of sp³-hybridized carbons (Fsp3) is 0.746. The lowest BCUT2D eigenvalue weighted by atomic mass is 9.99. The van der Waals surface area contributed by atoms with Crippen LogP contribution in [-0.4, -0.2) is 99.6 Å². The van der Waals surface area contributed by atoms with Crippen molar-refractivity contribution in [1.82, 2.24) is 5.32 Å². The third-order valence-electron chi connectivity index (χ3n) is 15.2. The third-order valence-corrected chi connectivity index (χ3v) is 15.2. The number of nitrogens with one attached hydrogen (secondary N) is 1. The minimum absolute atomic E-state index is 0.00505. The van der Waals surface area contributed by atoms with Crippen LogP contribution in [0.4, 0.5) is 0 Å². The summed E-state index contributed by atoms with van der Waals surface area (Å²) in [4.78, 5) is 26.6. The molecule has 0 aromatic rings. The van der Waals surface area contributed by atoms with E-state index in [2.05, 4.69) is 99.0 Å². The quantitative estimate of drug-likeness (QED) is 0.0195. The molecule has 1 amide bonds. The van der Waals surface area contributed by atoms with Gasteiger partial charge in [0.15, 0.2) is 12.4 Å². The number of hydrogen-bond donors (Lipinski definition) is 6. The van der Waals surface area contributed by atoms with E-state index in [1.165, 1.54) is 148 Å². The van der Waals surface area contributed by atoms with Crippen LogP contribution in [0.15, 0.2) is 97.2 Å². The van der Waals surface area contributed by atoms with Gasteiger partial charge in [-0.2, -0.15) is 0 Å². The maximum absolute atomic E-state index is 13.5. The van der Waals surface area contributed by atoms with Crippen LogP contribution in [-0.2, 0) is 23.8 Å². The molecule has 0 aromatic heterocycles. The van der Waals surface area contributed by atoms with Gasteiger partial charge in [-0.15, -0.1) is 0 Å². The molecule has 11 nitrogen and oxygen atoms in total. The molecule has 0 aromatic carbocycles. The average molecular weight is 1150 g/mol. The normalized spacial score (nSPS) is 19.2. The molecule has 8 unspecified atom stereocenters. The van der Waals surface area contributed by atoms with Crippen molar-refractivity contribution in [2.24, 2.45) is 0 Å². The molecule has 1 aliphatic rings. The zero-order valence-electron chi connectivity index (χ0n) is 52.3. The van der Waals surface area contributed by atoms with Gasteiger partial charge < -0.3 is 45.1 Å². The van der Waals surface area contributed by atoms with Crippen LogP contribution in [0.3, 0.4) is 0 Å². The van der Waals surface area contributed by atoms with Crippen LogP contribution in [0.25, 0.3) is 0 Å². The van der Waals surface area contributed by atoms with E-state index in [0.29, 0.717) is 19.3 Å². The lowest BCUT2D eigenvalue weighted by Crippen LogP contribution is -2.61. The summed E-state index contributed by atoms with van der Waals surface area (Å²) < 4.78 is 17.6. The first-order chi connectivity index (χ1) is 40.2. The number of rotatable bonds is 56. The van der Waals surface area contributed by atoms with Crippen molar-refractivity contribution in [2.75, 3.05) is 13.2 Å². The molecule has 1 aliphatic heterocycles. The Morgan fingerprint density at radius 2 is 0.878 bits per heavy atom. The Balaban J connectivity index is 2.66. The van der Waals surface area contributed by atoms with Crippen molar-refractivity contribution >= 4 is 11.9 Å². The monoisotopic (exact) mass is 1150 g/mol. The zero-order chi connectivity index (χ0) is 59.6. The zero-order valence-corrected chi connectivity index (χ0v) is 52.3. The van der Waals surface area contributed by atoms with Gasteiger partial charge in [0, 0.05) is 6.42 Å². The molecule has 1 heterocycles. The van der Waals surface area contributed by atoms with Crippen LogP contribution >= 0.6 is 0 Å². The SMILES string of the molecule is CC/C=C\C/C=C\C/C=C\C/C=C\C/C=C\C/C=C\CCC(=O)OC1C(OCC(NC(=O)C(O)CCCCCCCCCCCCCC/C=C/CCCCCCCC)C(O)/C=C/CCCCCCCCCCCC)OC(CO)C(O)C1O. The molecule has 472 valence electrons. The van der Waals surface area contributed by atoms with Gasteiger partial charge in [0.25, 0.3) is 0 Å². The Morgan fingerprint density at radius 3 is 1.32 bits per heavy atom. The van der Waals surface area contributed by atoms with E-state index in [9.17, 15) is 35.1 Å². The van der Waals surface area contributed by atoms with Crippen molar-refractivity contribution < 1.29 is 49.3 Å². The molecule has 0 bridgehead atoms. The number of amides is 1. The van der Waals surface area contributed by atoms with Crippen molar-refractivity contribution in [3.63, 3.8) is 0 Å². The summed E-state index contributed by atoms with van der Waals surface area (Å²) in [6.07, 6.45) is 67.5. The minimum atomic E-state index is -1.65. The number of esters is 1. The highest BCUT2D eigenvalue weighted by atomic mass is 16.7. The predicted octanol–water partition coefficient (Wildman–Crippen LogP) is 16.7. The van der Waals surface area contributed by atoms with Crippen LogP contribution in [0, 0.1) is 0 Å². The molecular formula is C71H123NO10. The highest BCUT2D eigenvalue weighted by molar-refractivity contribution is 5.80. The van der Waals surface area contributed by atoms with E-state index >= 15 is 0 Å². The molecule has 6 N–H and O–H groups in total. The number of hydrogen-bond acceptors (Lipinski definition) is 10. The van der Waals surface area contributed by atoms with Gasteiger partial charge in [-0.3, -0.25) is 9.59 Å². The van der Waals surface area contributed by atoms with E-state index in [-0.39, 0.29) is 19.4 Å². The highest BCUT2D eigenvalue weighted by Gasteiger charge is 2.47. The van der Waals surface area contributed by atoms with Crippen molar-refractivity contribution in [3.8, 4) is 0 Å². The van der Waals surface area contributed by atoms with Crippen LogP contribution in [0.2, 0.25) is 0 Å². The van der Waals surface area contributed by atoms with Gasteiger partial charge in [0.05, 0.1) is 25.4 Å². The van der Waals surface area contributed by atoms with Crippen LogP contribution in [0.5, 0.6) is 0 Å². The maximum atomic E-state index is 13.5. The number of carbonyl (C=O) groups excluding carboxylic acids is 2. The summed E-state index contributed by atoms with van der Waals surface area (Å²) in [6.45, 7) is 5.65. The van der Waals surface area contributed by atoms with Crippen molar-refractivity contribution in [1.29, 1.82) is 0 Å². The average Bonchev–Trinajstić information content (AvgIpc) is 3.44. The predicted molar refractivity (Wildman–Crippen MR) is 342 cm³/mol. The molecule has 1 rings (SSSR count). The first-order valence-electron chi connectivity index (χ1n) is 33.5. The Kier molecular flexibility index (Phi) is 54.2. The number of aliphatic hydroxyl groups is 5. The minimum Gasteiger partial charge on any atom is -0.454 e. The molecule has 0 saturated carbocycles. The highest BCUT2D eigenvalue weighted by Crippen LogP contribution is 2.26. The first kappa shape index (κ1) is 76.6. The van der Waals surface area contributed by atoms with E-state index in [4.69, 9.17) is 14.2 Å². The topological polar surface area (TPSA) is 175 Å². The molecule has 1 saturated heterocycles. The van der Waals surface area contributed by atoms with E-state index in [1.54, 1.807) is 6.08 Å². The molecular weight excluding hydrogens is 1030 g/mol. The Morgan fingerprint density at radius 1 is 0.488 bits per heavy atom. The lowest BCUT2D eigenvalue weighted by Gasteiger charge is -2.41. The third kappa shape index (κ3) is 45.0. The summed E-state index contributed by atoms with van der Waals surface area (Å²) in [7, 11) is 0. The summed E-state index contributed by atoms with van der Waals surface area (Å²) >= 11 is 0. The summed E-state index contributed by atoms with van der Waals surface area (Å²) in [5, 5.41) is 57.1. The van der Waals surface area contributed by atoms with Gasteiger partial charge in [-0.1, -0.05) is 279 Å². The standard InChI is InChI=1S/C71H123NO10/c1-4-7-10-13-16-19-22-25-27-29-31-32-33-35-36-38-40-43-46-49-52-55-58-64(75)70(79)72-62(63(74)57-54-51-48-45-42-24-21-18-15-12-9-6-3)61-80-71-69(68(78)67(77)65(60-73)81-71)82-66(76)59-56-53-50-47-44-41-39-37-34-30-28-26-23-20-17-14-11-8-5-2/h8,11,17,20,25-28,34,37,41,44,50,53-54,57,62-65,67-69,71,73-75,77-78H,4-7,9-10,12-16,18-19,21-24,29-33,35-36,38-40,42-43,45-49,51-52,55-56,58-61H2,1-3H3,(H,72,79)/b11-8-,20-17-,27-25+,28-26-,37-34-,44-41-,53-50-,57-54+. The fourth-order valence-corrected chi connectivity index (χ4v) is 9.97. The van der Waals surface area contributed by atoms with E-state index in [0.717, 1.165) is 77.0 Å². The molecule has 0 aliphatic carbocycles. The molecule has 8 atom stereocenters. The first-order valence-corrected chi connectivity index (χ1v) is 33.5. The Hall–Kier alpha value is -3.42. The molecule has 0 spiro atoms. The van der Waals surface area contributed by atoms with Crippen LogP contribution in [0.1, 0.15) is 278 Å². The van der Waals surface area contributed by atoms with Crippen molar-refractivity contribution in [3.05, 3.63) is 97.2 Å². The number of unbranched alkanes of at least 4 members (excludes halogenated alkanes) is 28. The molecule has 82 heavy (non-hydrogen) atoms. The second-order valence-corrected chi connectivity index (χ2v) is 22.8. The number of carbonyl (C=O) groups is 2. The van der Waals surface area contributed by atoms with Gasteiger partial charge in [-0.05, 0) is 89.9 Å². The van der Waals surface area contributed by atoms with E-state index < -0.39 is 67.4 Å². The summed E-state index contributed by atoms with van der Waals surface area (Å²) in [6, 6.07) is -1.04. The smallest absolute Gasteiger partial charge is 0.306 e. The van der Waals surface area contributed by atoms with Gasteiger partial charge in [0.1, 0.15) is 24.4 Å².